The van der Waals surface area contributed by atoms with Gasteiger partial charge in [0.25, 0.3) is 5.91 Å². The molecular weight excluding hydrogens is 360 g/mol. The van der Waals surface area contributed by atoms with Crippen molar-refractivity contribution in [3.63, 3.8) is 0 Å². The molecule has 2 rings (SSSR count). The summed E-state index contributed by atoms with van der Waals surface area (Å²) in [5.74, 6) is 0.0104. The number of nitrogens with zero attached hydrogens (tertiary/aromatic N) is 1. The van der Waals surface area contributed by atoms with Gasteiger partial charge in [0.2, 0.25) is 0 Å². The fourth-order valence-corrected chi connectivity index (χ4v) is 3.29. The molecule has 8 heteroatoms. The van der Waals surface area contributed by atoms with E-state index in [2.05, 4.69) is 0 Å². The van der Waals surface area contributed by atoms with Crippen LogP contribution in [0.2, 0.25) is 0 Å². The maximum atomic E-state index is 12.5. The second-order valence-corrected chi connectivity index (χ2v) is 7.39. The Labute approximate surface area is 156 Å². The Morgan fingerprint density at radius 3 is 2.60 bits per heavy atom. The zero-order chi connectivity index (χ0) is 18.4. The highest BCUT2D eigenvalue weighted by molar-refractivity contribution is 8.26. The Kier molecular flexibility index (Phi) is 6.98. The normalized spacial score (nSPS) is 16.0. The number of ether oxygens (including phenoxy) is 2. The number of benzene rings is 1. The van der Waals surface area contributed by atoms with E-state index in [0.717, 1.165) is 11.3 Å². The second kappa shape index (κ2) is 8.98. The van der Waals surface area contributed by atoms with Crippen LogP contribution in [0.5, 0.6) is 5.75 Å². The van der Waals surface area contributed by atoms with Gasteiger partial charge in [0, 0.05) is 0 Å². The van der Waals surface area contributed by atoms with Crippen LogP contribution in [0, 0.1) is 0 Å². The van der Waals surface area contributed by atoms with Gasteiger partial charge in [-0.3, -0.25) is 14.5 Å². The van der Waals surface area contributed by atoms with Crippen molar-refractivity contribution >= 4 is 46.3 Å². The number of thioether (sulfide) groups is 1. The van der Waals surface area contributed by atoms with Gasteiger partial charge in [-0.2, -0.15) is 0 Å². The Morgan fingerprint density at radius 2 is 2.00 bits per heavy atom. The summed E-state index contributed by atoms with van der Waals surface area (Å²) >= 11 is 6.40. The lowest BCUT2D eigenvalue weighted by Crippen LogP contribution is -3.06. The monoisotopic (exact) mass is 381 g/mol. The summed E-state index contributed by atoms with van der Waals surface area (Å²) in [5, 5.41) is 0. The van der Waals surface area contributed by atoms with Crippen LogP contribution in [-0.2, 0) is 14.3 Å². The van der Waals surface area contributed by atoms with Crippen LogP contribution in [0.3, 0.4) is 0 Å². The molecule has 0 radical (unpaired) electrons. The summed E-state index contributed by atoms with van der Waals surface area (Å²) < 4.78 is 10.6. The number of hydrogen-bond donors (Lipinski definition) is 1. The van der Waals surface area contributed by atoms with Gasteiger partial charge >= 0.3 is 5.97 Å². The smallest absolute Gasteiger partial charge is 0.326 e. The predicted molar refractivity (Wildman–Crippen MR) is 102 cm³/mol. The minimum Gasteiger partial charge on any atom is -0.497 e. The molecule has 0 spiro atoms. The van der Waals surface area contributed by atoms with Gasteiger partial charge < -0.3 is 14.4 Å². The molecule has 0 bridgehead atoms. The van der Waals surface area contributed by atoms with Crippen molar-refractivity contribution in [1.29, 1.82) is 0 Å². The zero-order valence-corrected chi connectivity index (χ0v) is 16.0. The highest BCUT2D eigenvalue weighted by Gasteiger charge is 2.33. The molecule has 0 aliphatic carbocycles. The third-order valence-electron chi connectivity index (χ3n) is 3.44. The van der Waals surface area contributed by atoms with E-state index in [4.69, 9.17) is 21.7 Å². The molecule has 1 aromatic rings. The molecule has 1 aliphatic rings. The SMILES string of the molecule is COc1ccc(/C=C2/SC(=S)N(CC(=O)OCC[NH+](C)C)C2=O)cc1. The van der Waals surface area contributed by atoms with Gasteiger partial charge in [0.1, 0.15) is 29.8 Å². The summed E-state index contributed by atoms with van der Waals surface area (Å²) in [4.78, 5) is 27.3. The van der Waals surface area contributed by atoms with Crippen LogP contribution in [0.15, 0.2) is 29.2 Å². The highest BCUT2D eigenvalue weighted by atomic mass is 32.2. The number of nitrogens with one attached hydrogen (secondary N) is 1. The Balaban J connectivity index is 1.98. The number of carbonyl (C=O) groups excluding carboxylic acids is 2. The quantitative estimate of drug-likeness (QED) is 0.424. The average molecular weight is 381 g/mol. The van der Waals surface area contributed by atoms with Crippen molar-refractivity contribution in [1.82, 2.24) is 4.90 Å². The first kappa shape index (κ1) is 19.4. The molecule has 1 heterocycles. The fraction of sp³-hybridized carbons (Fsp3) is 0.353. The van der Waals surface area contributed by atoms with Crippen LogP contribution < -0.4 is 9.64 Å². The number of methoxy groups -OCH3 is 1. The second-order valence-electron chi connectivity index (χ2n) is 5.72. The van der Waals surface area contributed by atoms with Crippen molar-refractivity contribution in [2.45, 2.75) is 0 Å². The number of carbonyl (C=O) groups is 2. The Hall–Kier alpha value is -1.90. The predicted octanol–water partition coefficient (Wildman–Crippen LogP) is 0.584. The lowest BCUT2D eigenvalue weighted by atomic mass is 10.2. The maximum absolute atomic E-state index is 12.5. The number of amides is 1. The van der Waals surface area contributed by atoms with Crippen LogP contribution >= 0.6 is 24.0 Å². The van der Waals surface area contributed by atoms with Crippen molar-refractivity contribution in [3.05, 3.63) is 34.7 Å². The Morgan fingerprint density at radius 1 is 1.32 bits per heavy atom. The van der Waals surface area contributed by atoms with E-state index >= 15 is 0 Å². The van der Waals surface area contributed by atoms with Crippen LogP contribution in [-0.4, -0.2) is 62.0 Å². The number of rotatable bonds is 7. The summed E-state index contributed by atoms with van der Waals surface area (Å²) in [6.45, 7) is 0.868. The number of quaternary nitrogens is 1. The van der Waals surface area contributed by atoms with E-state index in [0.29, 0.717) is 22.4 Å². The van der Waals surface area contributed by atoms with Crippen molar-refractivity contribution in [2.75, 3.05) is 40.9 Å². The molecule has 1 saturated heterocycles. The summed E-state index contributed by atoms with van der Waals surface area (Å²) in [6.07, 6.45) is 1.75. The minimum atomic E-state index is -0.455. The van der Waals surface area contributed by atoms with Gasteiger partial charge in [0.15, 0.2) is 0 Å². The fourth-order valence-electron chi connectivity index (χ4n) is 2.03. The molecular formula is C17H21N2O4S2+. The first-order valence-electron chi connectivity index (χ1n) is 7.75. The first-order valence-corrected chi connectivity index (χ1v) is 8.97. The van der Waals surface area contributed by atoms with Crippen molar-refractivity contribution < 1.29 is 24.0 Å². The molecule has 1 aliphatic heterocycles. The van der Waals surface area contributed by atoms with Crippen molar-refractivity contribution in [2.24, 2.45) is 0 Å². The van der Waals surface area contributed by atoms with E-state index in [-0.39, 0.29) is 12.5 Å². The van der Waals surface area contributed by atoms with Gasteiger partial charge in [-0.1, -0.05) is 36.1 Å². The standard InChI is InChI=1S/C17H20N2O4S2/c1-18(2)8-9-23-15(20)11-19-16(21)14(25-17(19)24)10-12-4-6-13(22-3)7-5-12/h4-7,10H,8-9,11H2,1-3H3/p+1/b14-10+. The lowest BCUT2D eigenvalue weighted by Gasteiger charge is -2.14. The Bertz CT molecular complexity index is 686. The van der Waals surface area contributed by atoms with Gasteiger partial charge in [-0.25, -0.2) is 0 Å². The minimum absolute atomic E-state index is 0.159. The molecule has 1 fully saturated rings. The number of hydrogen-bond acceptors (Lipinski definition) is 6. The molecule has 0 aromatic heterocycles. The largest absolute Gasteiger partial charge is 0.497 e. The number of thiocarbonyl (C=S) groups is 1. The average Bonchev–Trinajstić information content (AvgIpc) is 2.83. The highest BCUT2D eigenvalue weighted by Crippen LogP contribution is 2.32. The molecule has 1 aromatic carbocycles. The molecule has 1 N–H and O–H groups in total. The third-order valence-corrected chi connectivity index (χ3v) is 4.82. The van der Waals surface area contributed by atoms with E-state index < -0.39 is 5.97 Å². The lowest BCUT2D eigenvalue weighted by molar-refractivity contribution is -0.858. The topological polar surface area (TPSA) is 60.3 Å². The molecule has 0 atom stereocenters. The van der Waals surface area contributed by atoms with Crippen molar-refractivity contribution in [3.8, 4) is 5.75 Å². The molecule has 25 heavy (non-hydrogen) atoms. The molecule has 0 unspecified atom stereocenters. The van der Waals surface area contributed by atoms with Gasteiger partial charge in [-0.05, 0) is 23.8 Å². The molecule has 0 saturated carbocycles. The summed E-state index contributed by atoms with van der Waals surface area (Å²) in [5.41, 5.74) is 0.859. The van der Waals surface area contributed by atoms with E-state index in [1.54, 1.807) is 13.2 Å². The maximum Gasteiger partial charge on any atom is 0.326 e. The van der Waals surface area contributed by atoms with E-state index in [1.807, 2.05) is 38.4 Å². The van der Waals surface area contributed by atoms with Gasteiger partial charge in [0.05, 0.1) is 26.1 Å². The van der Waals surface area contributed by atoms with E-state index in [1.165, 1.54) is 21.6 Å². The zero-order valence-electron chi connectivity index (χ0n) is 14.4. The van der Waals surface area contributed by atoms with Crippen LogP contribution in [0.4, 0.5) is 0 Å². The summed E-state index contributed by atoms with van der Waals surface area (Å²) in [7, 11) is 5.54. The first-order chi connectivity index (χ1) is 11.9. The summed E-state index contributed by atoms with van der Waals surface area (Å²) in [6, 6.07) is 7.33. The van der Waals surface area contributed by atoms with Crippen LogP contribution in [0.1, 0.15) is 5.56 Å². The molecule has 6 nitrogen and oxygen atoms in total. The molecule has 134 valence electrons. The van der Waals surface area contributed by atoms with Crippen LogP contribution in [0.25, 0.3) is 6.08 Å². The number of esters is 1. The molecule has 1 amide bonds. The van der Waals surface area contributed by atoms with Gasteiger partial charge in [-0.15, -0.1) is 0 Å². The van der Waals surface area contributed by atoms with E-state index in [9.17, 15) is 9.59 Å². The number of likely N-dealkylation sites (N-methyl/N-ethyl adjacent to an activating group) is 1. The third kappa shape index (κ3) is 5.55.